The highest BCUT2D eigenvalue weighted by molar-refractivity contribution is 8.14. The predicted molar refractivity (Wildman–Crippen MR) is 98.5 cm³/mol. The number of hydrogen-bond acceptors (Lipinski definition) is 5. The first-order valence-corrected chi connectivity index (χ1v) is 9.29. The molecule has 5 heteroatoms. The van der Waals surface area contributed by atoms with Gasteiger partial charge in [-0.15, -0.1) is 0 Å². The first kappa shape index (κ1) is 15.5. The molecule has 1 aromatic heterocycles. The molecule has 1 fully saturated rings. The van der Waals surface area contributed by atoms with Gasteiger partial charge in [-0.2, -0.15) is 0 Å². The molecule has 0 aliphatic carbocycles. The van der Waals surface area contributed by atoms with Crippen LogP contribution >= 0.6 is 11.8 Å². The number of aliphatic imine (C=N–C) groups is 1. The molecule has 2 aromatic rings. The molecule has 24 heavy (non-hydrogen) atoms. The number of benzene rings is 1. The van der Waals surface area contributed by atoms with E-state index in [9.17, 15) is 0 Å². The summed E-state index contributed by atoms with van der Waals surface area (Å²) in [5, 5.41) is 1.73. The third-order valence-corrected chi connectivity index (χ3v) is 5.52. The zero-order valence-corrected chi connectivity index (χ0v) is 14.7. The molecule has 0 unspecified atom stereocenters. The average Bonchev–Trinajstić information content (AvgIpc) is 3.13. The summed E-state index contributed by atoms with van der Waals surface area (Å²) in [6, 6.07) is 14.8. The van der Waals surface area contributed by atoms with Gasteiger partial charge >= 0.3 is 0 Å². The van der Waals surface area contributed by atoms with Gasteiger partial charge in [0.1, 0.15) is 11.8 Å². The summed E-state index contributed by atoms with van der Waals surface area (Å²) in [5.74, 6) is 0.916. The first-order valence-electron chi connectivity index (χ1n) is 8.41. The highest BCUT2D eigenvalue weighted by Crippen LogP contribution is 2.47. The molecule has 0 radical (unpaired) electrons. The molecule has 4 nitrogen and oxygen atoms in total. The molecule has 4 rings (SSSR count). The number of pyridine rings is 1. The van der Waals surface area contributed by atoms with Crippen LogP contribution in [0.3, 0.4) is 0 Å². The summed E-state index contributed by atoms with van der Waals surface area (Å²) in [6.07, 6.45) is 1.85. The van der Waals surface area contributed by atoms with Crippen LogP contribution in [0, 0.1) is 0 Å². The Morgan fingerprint density at radius 2 is 2.04 bits per heavy atom. The maximum Gasteiger partial charge on any atom is 0.160 e. The van der Waals surface area contributed by atoms with E-state index in [2.05, 4.69) is 47.1 Å². The van der Waals surface area contributed by atoms with Crippen LogP contribution in [-0.4, -0.2) is 33.5 Å². The number of fused-ring (bicyclic) bond motifs is 1. The lowest BCUT2D eigenvalue weighted by Crippen LogP contribution is -2.28. The van der Waals surface area contributed by atoms with Gasteiger partial charge in [-0.25, -0.2) is 0 Å². The lowest BCUT2D eigenvalue weighted by atomic mass is 9.96. The summed E-state index contributed by atoms with van der Waals surface area (Å²) in [6.45, 7) is 5.99. The largest absolute Gasteiger partial charge is 0.494 e. The van der Waals surface area contributed by atoms with Crippen molar-refractivity contribution in [3.63, 3.8) is 0 Å². The first-order chi connectivity index (χ1) is 11.8. The van der Waals surface area contributed by atoms with Crippen LogP contribution in [0.4, 0.5) is 0 Å². The highest BCUT2D eigenvalue weighted by Gasteiger charge is 2.43. The normalized spacial score (nSPS) is 25.5. The Hall–Kier alpha value is -2.01. The quantitative estimate of drug-likeness (QED) is 0.841. The van der Waals surface area contributed by atoms with Gasteiger partial charge in [0.05, 0.1) is 18.3 Å². The third-order valence-electron chi connectivity index (χ3n) is 4.41. The van der Waals surface area contributed by atoms with Crippen molar-refractivity contribution in [2.75, 3.05) is 13.2 Å². The van der Waals surface area contributed by atoms with Crippen molar-refractivity contribution >= 4 is 16.9 Å². The van der Waals surface area contributed by atoms with Crippen LogP contribution in [0.5, 0.6) is 5.75 Å². The fourth-order valence-corrected chi connectivity index (χ4v) is 4.50. The maximum atomic E-state index is 5.58. The van der Waals surface area contributed by atoms with Gasteiger partial charge in [0.25, 0.3) is 0 Å². The smallest absolute Gasteiger partial charge is 0.160 e. The number of ether oxygens (including phenoxy) is 1. The highest BCUT2D eigenvalue weighted by atomic mass is 32.2. The Morgan fingerprint density at radius 3 is 2.75 bits per heavy atom. The van der Waals surface area contributed by atoms with E-state index in [4.69, 9.17) is 9.73 Å². The molecule has 0 N–H and O–H groups in total. The Morgan fingerprint density at radius 1 is 1.21 bits per heavy atom. The summed E-state index contributed by atoms with van der Waals surface area (Å²) < 4.78 is 5.58. The molecule has 0 bridgehead atoms. The standard InChI is InChI=1S/C19H21N3OS/c1-3-23-15-9-7-14(8-10-15)18-17(16-6-4-5-11-20-16)21-19-22(18)12-13(2)24-19/h4-11,13,17-18H,3,12H2,1-2H3/t13-,17+,18-/m1/s1. The molecular weight excluding hydrogens is 318 g/mol. The minimum Gasteiger partial charge on any atom is -0.494 e. The molecule has 0 saturated carbocycles. The SMILES string of the molecule is CCOc1ccc([C@@H]2[C@H](c3ccccn3)N=C3S[C@H](C)CN32)cc1. The molecule has 3 atom stereocenters. The lowest BCUT2D eigenvalue weighted by Gasteiger charge is -2.27. The molecule has 0 spiro atoms. The molecule has 2 aliphatic rings. The minimum absolute atomic E-state index is 0.0548. The number of aromatic nitrogens is 1. The zero-order valence-electron chi connectivity index (χ0n) is 13.9. The van der Waals surface area contributed by atoms with Gasteiger partial charge in [0, 0.05) is 18.0 Å². The Bertz CT molecular complexity index is 732. The molecule has 1 aromatic carbocycles. The van der Waals surface area contributed by atoms with E-state index in [0.29, 0.717) is 11.9 Å². The molecule has 1 saturated heterocycles. The zero-order chi connectivity index (χ0) is 16.5. The molecule has 0 amide bonds. The van der Waals surface area contributed by atoms with E-state index >= 15 is 0 Å². The molecule has 2 aliphatic heterocycles. The third kappa shape index (κ3) is 2.77. The van der Waals surface area contributed by atoms with Crippen LogP contribution < -0.4 is 4.74 Å². The summed E-state index contributed by atoms with van der Waals surface area (Å²) in [5.41, 5.74) is 2.30. The van der Waals surface area contributed by atoms with Crippen LogP contribution in [0.15, 0.2) is 53.7 Å². The van der Waals surface area contributed by atoms with Crippen molar-refractivity contribution in [1.29, 1.82) is 0 Å². The second-order valence-corrected chi connectivity index (χ2v) is 7.54. The molecule has 124 valence electrons. The van der Waals surface area contributed by atoms with Gasteiger partial charge in [-0.3, -0.25) is 9.98 Å². The molecular formula is C19H21N3OS. The van der Waals surface area contributed by atoms with Gasteiger partial charge in [0.15, 0.2) is 5.17 Å². The fourth-order valence-electron chi connectivity index (χ4n) is 3.41. The number of thioether (sulfide) groups is 1. The predicted octanol–water partition coefficient (Wildman–Crippen LogP) is 4.07. The van der Waals surface area contributed by atoms with E-state index in [1.54, 1.807) is 0 Å². The van der Waals surface area contributed by atoms with E-state index in [0.717, 1.165) is 23.2 Å². The summed E-state index contributed by atoms with van der Waals surface area (Å²) in [4.78, 5) is 12.0. The van der Waals surface area contributed by atoms with E-state index in [-0.39, 0.29) is 12.1 Å². The fraction of sp³-hybridized carbons (Fsp3) is 0.368. The van der Waals surface area contributed by atoms with Crippen LogP contribution in [0.25, 0.3) is 0 Å². The van der Waals surface area contributed by atoms with Gasteiger partial charge < -0.3 is 9.64 Å². The summed E-state index contributed by atoms with van der Waals surface area (Å²) >= 11 is 1.87. The number of nitrogens with zero attached hydrogens (tertiary/aromatic N) is 3. The van der Waals surface area contributed by atoms with Gasteiger partial charge in [-0.1, -0.05) is 36.9 Å². The lowest BCUT2D eigenvalue weighted by molar-refractivity contribution is 0.319. The Balaban J connectivity index is 1.70. The number of hydrogen-bond donors (Lipinski definition) is 0. The average molecular weight is 339 g/mol. The number of rotatable bonds is 4. The second kappa shape index (κ2) is 6.48. The Labute approximate surface area is 147 Å². The van der Waals surface area contributed by atoms with Gasteiger partial charge in [0.2, 0.25) is 0 Å². The summed E-state index contributed by atoms with van der Waals surface area (Å²) in [7, 11) is 0. The Kier molecular flexibility index (Phi) is 4.19. The van der Waals surface area contributed by atoms with Crippen molar-refractivity contribution in [3.8, 4) is 5.75 Å². The van der Waals surface area contributed by atoms with Crippen molar-refractivity contribution in [2.24, 2.45) is 4.99 Å². The van der Waals surface area contributed by atoms with Crippen molar-refractivity contribution in [3.05, 3.63) is 59.9 Å². The maximum absolute atomic E-state index is 5.58. The van der Waals surface area contributed by atoms with Gasteiger partial charge in [-0.05, 0) is 36.8 Å². The van der Waals surface area contributed by atoms with Crippen LogP contribution in [0.1, 0.15) is 37.2 Å². The van der Waals surface area contributed by atoms with E-state index < -0.39 is 0 Å². The van der Waals surface area contributed by atoms with E-state index in [1.807, 2.05) is 37.0 Å². The van der Waals surface area contributed by atoms with Crippen molar-refractivity contribution < 1.29 is 4.74 Å². The topological polar surface area (TPSA) is 37.7 Å². The second-order valence-electron chi connectivity index (χ2n) is 6.14. The van der Waals surface area contributed by atoms with Crippen LogP contribution in [-0.2, 0) is 0 Å². The van der Waals surface area contributed by atoms with Crippen LogP contribution in [0.2, 0.25) is 0 Å². The van der Waals surface area contributed by atoms with Crippen molar-refractivity contribution in [2.45, 2.75) is 31.2 Å². The van der Waals surface area contributed by atoms with Crippen molar-refractivity contribution in [1.82, 2.24) is 9.88 Å². The van der Waals surface area contributed by atoms with E-state index in [1.165, 1.54) is 5.56 Å². The number of amidine groups is 1. The molecule has 3 heterocycles. The minimum atomic E-state index is 0.0548. The monoisotopic (exact) mass is 339 g/mol.